The number of phenolic OH excluding ortho intramolecular Hbond substituents is 1. The fourth-order valence-electron chi connectivity index (χ4n) is 1.91. The van der Waals surface area contributed by atoms with E-state index < -0.39 is 0 Å². The molecular weight excluding hydrogens is 290 g/mol. The van der Waals surface area contributed by atoms with Gasteiger partial charge in [-0.15, -0.1) is 0 Å². The number of aryl methyl sites for hydroxylation is 1. The van der Waals surface area contributed by atoms with Crippen molar-refractivity contribution < 1.29 is 5.11 Å². The Hall–Kier alpha value is -1.48. The molecule has 2 nitrogen and oxygen atoms in total. The topological polar surface area (TPSA) is 32.3 Å². The molecule has 0 spiro atoms. The van der Waals surface area contributed by atoms with Crippen LogP contribution in [0.5, 0.6) is 5.75 Å². The third-order valence-corrected chi connectivity index (χ3v) is 3.59. The first-order valence-corrected chi connectivity index (χ1v) is 6.68. The van der Waals surface area contributed by atoms with Gasteiger partial charge in [0.25, 0.3) is 0 Å². The highest BCUT2D eigenvalue weighted by Gasteiger charge is 2.10. The van der Waals surface area contributed by atoms with Crippen molar-refractivity contribution in [3.05, 3.63) is 58.1 Å². The second-order valence-corrected chi connectivity index (χ2v) is 5.26. The molecule has 0 amide bonds. The van der Waals surface area contributed by atoms with Gasteiger partial charge in [0.15, 0.2) is 0 Å². The van der Waals surface area contributed by atoms with Gasteiger partial charge in [-0.25, -0.2) is 0 Å². The average molecular weight is 306 g/mol. The Morgan fingerprint density at radius 1 is 1.17 bits per heavy atom. The summed E-state index contributed by atoms with van der Waals surface area (Å²) in [5.41, 5.74) is 3.13. The van der Waals surface area contributed by atoms with Crippen molar-refractivity contribution in [1.82, 2.24) is 0 Å². The number of benzene rings is 2. The molecule has 0 bridgehead atoms. The maximum absolute atomic E-state index is 9.83. The van der Waals surface area contributed by atoms with Gasteiger partial charge in [0.05, 0.1) is 6.04 Å². The molecular formula is C15H16BrNO. The van der Waals surface area contributed by atoms with Crippen LogP contribution in [0.3, 0.4) is 0 Å². The molecule has 0 aromatic heterocycles. The van der Waals surface area contributed by atoms with E-state index in [0.717, 1.165) is 15.7 Å². The lowest BCUT2D eigenvalue weighted by atomic mass is 10.1. The Morgan fingerprint density at radius 3 is 2.61 bits per heavy atom. The molecule has 0 saturated carbocycles. The first kappa shape index (κ1) is 13.0. The summed E-state index contributed by atoms with van der Waals surface area (Å²) < 4.78 is 1.02. The maximum Gasteiger partial charge on any atom is 0.120 e. The molecule has 2 rings (SSSR count). The number of aromatic hydroxyl groups is 1. The third-order valence-electron chi connectivity index (χ3n) is 2.90. The zero-order valence-electron chi connectivity index (χ0n) is 10.4. The number of hydrogen-bond acceptors (Lipinski definition) is 2. The molecule has 0 radical (unpaired) electrons. The van der Waals surface area contributed by atoms with E-state index in [9.17, 15) is 5.11 Å². The number of nitrogens with one attached hydrogen (secondary N) is 1. The molecule has 18 heavy (non-hydrogen) atoms. The van der Waals surface area contributed by atoms with Crippen LogP contribution < -0.4 is 5.32 Å². The number of hydrogen-bond donors (Lipinski definition) is 2. The number of phenols is 1. The Bertz CT molecular complexity index is 554. The Balaban J connectivity index is 2.24. The lowest BCUT2D eigenvalue weighted by molar-refractivity contribution is 0.465. The predicted octanol–water partition coefficient (Wildman–Crippen LogP) is 4.64. The van der Waals surface area contributed by atoms with Crippen LogP contribution in [0.2, 0.25) is 0 Å². The van der Waals surface area contributed by atoms with Gasteiger partial charge in [-0.3, -0.25) is 0 Å². The monoisotopic (exact) mass is 305 g/mol. The first-order valence-electron chi connectivity index (χ1n) is 5.88. The lowest BCUT2D eigenvalue weighted by Crippen LogP contribution is -2.07. The maximum atomic E-state index is 9.83. The summed E-state index contributed by atoms with van der Waals surface area (Å²) in [4.78, 5) is 0. The largest absolute Gasteiger partial charge is 0.508 e. The van der Waals surface area contributed by atoms with Gasteiger partial charge in [0.2, 0.25) is 0 Å². The molecule has 1 atom stereocenters. The molecule has 3 heteroatoms. The Labute approximate surface area is 116 Å². The number of para-hydroxylation sites is 1. The molecule has 2 N–H and O–H groups in total. The summed E-state index contributed by atoms with van der Waals surface area (Å²) in [6, 6.07) is 13.6. The van der Waals surface area contributed by atoms with Crippen molar-refractivity contribution in [2.45, 2.75) is 19.9 Å². The van der Waals surface area contributed by atoms with E-state index in [1.54, 1.807) is 6.07 Å². The molecule has 0 fully saturated rings. The average Bonchev–Trinajstić information content (AvgIpc) is 2.34. The number of halogens is 1. The van der Waals surface area contributed by atoms with Crippen LogP contribution in [-0.4, -0.2) is 5.11 Å². The molecule has 0 heterocycles. The zero-order valence-corrected chi connectivity index (χ0v) is 12.0. The van der Waals surface area contributed by atoms with E-state index in [1.807, 2.05) is 31.2 Å². The highest BCUT2D eigenvalue weighted by atomic mass is 79.9. The summed E-state index contributed by atoms with van der Waals surface area (Å²) >= 11 is 3.53. The van der Waals surface area contributed by atoms with Gasteiger partial charge in [-0.1, -0.05) is 24.3 Å². The van der Waals surface area contributed by atoms with Crippen molar-refractivity contribution in [3.8, 4) is 5.75 Å². The molecule has 0 saturated heterocycles. The van der Waals surface area contributed by atoms with Gasteiger partial charge in [-0.2, -0.15) is 0 Å². The van der Waals surface area contributed by atoms with Crippen LogP contribution >= 0.6 is 15.9 Å². The van der Waals surface area contributed by atoms with Gasteiger partial charge in [0.1, 0.15) is 5.75 Å². The summed E-state index contributed by atoms with van der Waals surface area (Å²) in [7, 11) is 0. The summed E-state index contributed by atoms with van der Waals surface area (Å²) in [6.45, 7) is 4.09. The van der Waals surface area contributed by atoms with Crippen LogP contribution in [0.25, 0.3) is 0 Å². The quantitative estimate of drug-likeness (QED) is 0.866. The lowest BCUT2D eigenvalue weighted by Gasteiger charge is -2.18. The van der Waals surface area contributed by atoms with Crippen molar-refractivity contribution in [2.24, 2.45) is 0 Å². The van der Waals surface area contributed by atoms with E-state index in [0.29, 0.717) is 5.75 Å². The van der Waals surface area contributed by atoms with Crippen LogP contribution in [0.1, 0.15) is 24.1 Å². The molecule has 94 valence electrons. The predicted molar refractivity (Wildman–Crippen MR) is 79.0 cm³/mol. The first-order chi connectivity index (χ1) is 8.58. The third kappa shape index (κ3) is 2.85. The zero-order chi connectivity index (χ0) is 13.1. The molecule has 2 aromatic carbocycles. The highest BCUT2D eigenvalue weighted by molar-refractivity contribution is 9.10. The fourth-order valence-corrected chi connectivity index (χ4v) is 2.28. The van der Waals surface area contributed by atoms with Gasteiger partial charge >= 0.3 is 0 Å². The summed E-state index contributed by atoms with van der Waals surface area (Å²) in [5.74, 6) is 0.321. The van der Waals surface area contributed by atoms with Gasteiger partial charge in [0, 0.05) is 15.7 Å². The minimum absolute atomic E-state index is 0.0456. The normalized spacial score (nSPS) is 12.2. The van der Waals surface area contributed by atoms with E-state index in [4.69, 9.17) is 0 Å². The number of rotatable bonds is 3. The fraction of sp³-hybridized carbons (Fsp3) is 0.200. The van der Waals surface area contributed by atoms with Crippen LogP contribution in [0.15, 0.2) is 46.9 Å². The van der Waals surface area contributed by atoms with Crippen LogP contribution in [0, 0.1) is 6.92 Å². The minimum Gasteiger partial charge on any atom is -0.508 e. The Morgan fingerprint density at radius 2 is 1.89 bits per heavy atom. The van der Waals surface area contributed by atoms with Crippen LogP contribution in [0.4, 0.5) is 5.69 Å². The second-order valence-electron chi connectivity index (χ2n) is 4.41. The van der Waals surface area contributed by atoms with Gasteiger partial charge in [-0.05, 0) is 53.5 Å². The molecule has 2 aromatic rings. The SMILES string of the molecule is Cc1ccc(Br)c(NC(C)c2ccccc2O)c1. The van der Waals surface area contributed by atoms with E-state index in [2.05, 4.69) is 40.3 Å². The van der Waals surface area contributed by atoms with Crippen LogP contribution in [-0.2, 0) is 0 Å². The molecule has 1 unspecified atom stereocenters. The number of anilines is 1. The standard InChI is InChI=1S/C15H16BrNO/c1-10-7-8-13(16)14(9-10)17-11(2)12-5-3-4-6-15(12)18/h3-9,11,17-18H,1-2H3. The van der Waals surface area contributed by atoms with Crippen molar-refractivity contribution in [1.29, 1.82) is 0 Å². The smallest absolute Gasteiger partial charge is 0.120 e. The van der Waals surface area contributed by atoms with Gasteiger partial charge < -0.3 is 10.4 Å². The van der Waals surface area contributed by atoms with Crippen molar-refractivity contribution in [2.75, 3.05) is 5.32 Å². The van der Waals surface area contributed by atoms with E-state index in [-0.39, 0.29) is 6.04 Å². The van der Waals surface area contributed by atoms with Crippen molar-refractivity contribution >= 4 is 21.6 Å². The molecule has 0 aliphatic heterocycles. The molecule has 0 aliphatic rings. The summed E-state index contributed by atoms with van der Waals surface area (Å²) in [6.07, 6.45) is 0. The highest BCUT2D eigenvalue weighted by Crippen LogP contribution is 2.30. The minimum atomic E-state index is 0.0456. The Kier molecular flexibility index (Phi) is 3.92. The van der Waals surface area contributed by atoms with E-state index in [1.165, 1.54) is 5.56 Å². The second kappa shape index (κ2) is 5.44. The van der Waals surface area contributed by atoms with E-state index >= 15 is 0 Å². The van der Waals surface area contributed by atoms with Crippen molar-refractivity contribution in [3.63, 3.8) is 0 Å². The molecule has 0 aliphatic carbocycles. The summed E-state index contributed by atoms with van der Waals surface area (Å²) in [5, 5.41) is 13.2.